The molecule has 1 aromatic carbocycles. The summed E-state index contributed by atoms with van der Waals surface area (Å²) in [5, 5.41) is 4.60. The summed E-state index contributed by atoms with van der Waals surface area (Å²) in [6, 6.07) is 10.2. The van der Waals surface area contributed by atoms with Crippen molar-refractivity contribution in [2.75, 3.05) is 11.9 Å². The molecular formula is C20H17N3O4S. The van der Waals surface area contributed by atoms with Gasteiger partial charge in [-0.15, -0.1) is 11.3 Å². The number of carbonyl (C=O) groups excluding carboxylic acids is 1. The number of aromatic amines is 1. The van der Waals surface area contributed by atoms with E-state index in [0.29, 0.717) is 39.6 Å². The van der Waals surface area contributed by atoms with Crippen LogP contribution in [-0.4, -0.2) is 22.5 Å². The van der Waals surface area contributed by atoms with Crippen LogP contribution in [0.5, 0.6) is 5.75 Å². The predicted molar refractivity (Wildman–Crippen MR) is 108 cm³/mol. The molecule has 0 fully saturated rings. The molecule has 1 amide bonds. The number of fused-ring (bicyclic) bond motifs is 1. The number of thiophene rings is 1. The molecule has 0 saturated heterocycles. The first kappa shape index (κ1) is 18.0. The minimum Gasteiger partial charge on any atom is -0.493 e. The fraction of sp³-hybridized carbons (Fsp3) is 0.150. The van der Waals surface area contributed by atoms with E-state index in [4.69, 9.17) is 9.15 Å². The van der Waals surface area contributed by atoms with Crippen molar-refractivity contribution in [1.29, 1.82) is 0 Å². The molecular weight excluding hydrogens is 378 g/mol. The van der Waals surface area contributed by atoms with Crippen LogP contribution in [0, 0.1) is 0 Å². The van der Waals surface area contributed by atoms with E-state index in [1.54, 1.807) is 36.4 Å². The minimum absolute atomic E-state index is 0.207. The SMILES string of the molecule is CCCOc1ccc(NC(=O)c2ccco2)cc1-c1nc2ccsc2c(=O)[nH]1. The Kier molecular flexibility index (Phi) is 4.94. The van der Waals surface area contributed by atoms with E-state index in [2.05, 4.69) is 15.3 Å². The lowest BCUT2D eigenvalue weighted by atomic mass is 10.1. The Bertz CT molecular complexity index is 1180. The number of amides is 1. The molecule has 0 atom stereocenters. The first-order valence-corrected chi connectivity index (χ1v) is 9.63. The average molecular weight is 395 g/mol. The van der Waals surface area contributed by atoms with Gasteiger partial charge in [0.15, 0.2) is 5.76 Å². The summed E-state index contributed by atoms with van der Waals surface area (Å²) in [5.74, 6) is 0.804. The zero-order valence-corrected chi connectivity index (χ0v) is 15.8. The summed E-state index contributed by atoms with van der Waals surface area (Å²) >= 11 is 1.34. The lowest BCUT2D eigenvalue weighted by Crippen LogP contribution is -2.12. The number of rotatable bonds is 6. The lowest BCUT2D eigenvalue weighted by Gasteiger charge is -2.13. The highest BCUT2D eigenvalue weighted by molar-refractivity contribution is 7.17. The molecule has 0 bridgehead atoms. The Morgan fingerprint density at radius 2 is 2.21 bits per heavy atom. The van der Waals surface area contributed by atoms with Gasteiger partial charge in [0, 0.05) is 5.69 Å². The molecule has 0 aliphatic rings. The Morgan fingerprint density at radius 3 is 3.00 bits per heavy atom. The maximum absolute atomic E-state index is 12.4. The summed E-state index contributed by atoms with van der Waals surface area (Å²) < 4.78 is 11.5. The van der Waals surface area contributed by atoms with Crippen LogP contribution in [0.1, 0.15) is 23.9 Å². The molecule has 28 heavy (non-hydrogen) atoms. The summed E-state index contributed by atoms with van der Waals surface area (Å²) in [6.45, 7) is 2.53. The van der Waals surface area contributed by atoms with Crippen LogP contribution in [0.4, 0.5) is 5.69 Å². The third-order valence-corrected chi connectivity index (χ3v) is 4.92. The second-order valence-corrected chi connectivity index (χ2v) is 6.96. The molecule has 4 aromatic rings. The first-order chi connectivity index (χ1) is 13.7. The standard InChI is InChI=1S/C20H17N3O4S/c1-2-8-26-15-6-5-12(21-19(24)16-4-3-9-27-16)11-13(15)18-22-14-7-10-28-17(14)20(25)23-18/h3-7,9-11H,2,8H2,1H3,(H,21,24)(H,22,23,25). The van der Waals surface area contributed by atoms with E-state index in [1.807, 2.05) is 12.3 Å². The molecule has 0 spiro atoms. The van der Waals surface area contributed by atoms with Crippen molar-refractivity contribution >= 4 is 33.1 Å². The molecule has 4 rings (SSSR count). The second kappa shape index (κ2) is 7.69. The summed E-state index contributed by atoms with van der Waals surface area (Å²) in [4.78, 5) is 32.0. The highest BCUT2D eigenvalue weighted by Crippen LogP contribution is 2.31. The van der Waals surface area contributed by atoms with Crippen LogP contribution in [-0.2, 0) is 0 Å². The zero-order valence-electron chi connectivity index (χ0n) is 15.0. The van der Waals surface area contributed by atoms with Gasteiger partial charge in [0.2, 0.25) is 0 Å². The third-order valence-electron chi connectivity index (χ3n) is 4.01. The molecule has 7 nitrogen and oxygen atoms in total. The smallest absolute Gasteiger partial charge is 0.291 e. The zero-order chi connectivity index (χ0) is 19.5. The molecule has 0 saturated carbocycles. The van der Waals surface area contributed by atoms with Crippen molar-refractivity contribution in [3.8, 4) is 17.1 Å². The number of carbonyl (C=O) groups is 1. The normalized spacial score (nSPS) is 10.9. The summed E-state index contributed by atoms with van der Waals surface area (Å²) in [6.07, 6.45) is 2.27. The molecule has 8 heteroatoms. The molecule has 0 aliphatic heterocycles. The Morgan fingerprint density at radius 1 is 1.32 bits per heavy atom. The van der Waals surface area contributed by atoms with Gasteiger partial charge in [0.1, 0.15) is 16.3 Å². The number of anilines is 1. The van der Waals surface area contributed by atoms with Crippen molar-refractivity contribution < 1.29 is 13.9 Å². The van der Waals surface area contributed by atoms with Crippen molar-refractivity contribution in [2.24, 2.45) is 0 Å². The topological polar surface area (TPSA) is 97.2 Å². The van der Waals surface area contributed by atoms with Crippen LogP contribution < -0.4 is 15.6 Å². The molecule has 142 valence electrons. The van der Waals surface area contributed by atoms with Crippen molar-refractivity contribution in [3.05, 3.63) is 64.2 Å². The van der Waals surface area contributed by atoms with E-state index in [0.717, 1.165) is 6.42 Å². The quantitative estimate of drug-likeness (QED) is 0.508. The lowest BCUT2D eigenvalue weighted by molar-refractivity contribution is 0.0996. The number of aromatic nitrogens is 2. The van der Waals surface area contributed by atoms with Crippen LogP contribution in [0.2, 0.25) is 0 Å². The van der Waals surface area contributed by atoms with Crippen molar-refractivity contribution in [2.45, 2.75) is 13.3 Å². The van der Waals surface area contributed by atoms with Crippen molar-refractivity contribution in [1.82, 2.24) is 9.97 Å². The molecule has 0 radical (unpaired) electrons. The molecule has 0 unspecified atom stereocenters. The van der Waals surface area contributed by atoms with Gasteiger partial charge in [-0.05, 0) is 48.2 Å². The number of hydrogen-bond acceptors (Lipinski definition) is 6. The Labute approximate surface area is 164 Å². The van der Waals surface area contributed by atoms with Crippen molar-refractivity contribution in [3.63, 3.8) is 0 Å². The van der Waals surface area contributed by atoms with E-state index in [1.165, 1.54) is 17.6 Å². The molecule has 2 N–H and O–H groups in total. The predicted octanol–water partition coefficient (Wildman–Crippen LogP) is 4.29. The first-order valence-electron chi connectivity index (χ1n) is 8.75. The molecule has 0 aliphatic carbocycles. The number of furan rings is 1. The maximum atomic E-state index is 12.4. The third kappa shape index (κ3) is 3.54. The van der Waals surface area contributed by atoms with Gasteiger partial charge in [0.05, 0.1) is 24.0 Å². The number of nitrogens with one attached hydrogen (secondary N) is 2. The van der Waals surface area contributed by atoms with Gasteiger partial charge in [-0.25, -0.2) is 4.98 Å². The molecule has 3 heterocycles. The Hall–Kier alpha value is -3.39. The van der Waals surface area contributed by atoms with Gasteiger partial charge in [0.25, 0.3) is 11.5 Å². The average Bonchev–Trinajstić information content (AvgIpc) is 3.38. The number of hydrogen-bond donors (Lipinski definition) is 2. The number of benzene rings is 1. The van der Waals surface area contributed by atoms with E-state index in [-0.39, 0.29) is 17.2 Å². The number of H-pyrrole nitrogens is 1. The minimum atomic E-state index is -0.368. The van der Waals surface area contributed by atoms with Crippen LogP contribution in [0.3, 0.4) is 0 Å². The molecule has 3 aromatic heterocycles. The van der Waals surface area contributed by atoms with E-state index >= 15 is 0 Å². The van der Waals surface area contributed by atoms with Crippen LogP contribution in [0.25, 0.3) is 21.6 Å². The van der Waals surface area contributed by atoms with Gasteiger partial charge >= 0.3 is 0 Å². The summed E-state index contributed by atoms with van der Waals surface area (Å²) in [5.41, 5.74) is 1.54. The fourth-order valence-electron chi connectivity index (χ4n) is 2.73. The van der Waals surface area contributed by atoms with Crippen LogP contribution in [0.15, 0.2) is 57.3 Å². The maximum Gasteiger partial charge on any atom is 0.291 e. The monoisotopic (exact) mass is 395 g/mol. The van der Waals surface area contributed by atoms with Gasteiger partial charge in [-0.1, -0.05) is 6.92 Å². The number of ether oxygens (including phenoxy) is 1. The largest absolute Gasteiger partial charge is 0.493 e. The number of nitrogens with zero attached hydrogens (tertiary/aromatic N) is 1. The van der Waals surface area contributed by atoms with E-state index < -0.39 is 0 Å². The summed E-state index contributed by atoms with van der Waals surface area (Å²) in [7, 11) is 0. The van der Waals surface area contributed by atoms with Gasteiger partial charge < -0.3 is 19.5 Å². The van der Waals surface area contributed by atoms with E-state index in [9.17, 15) is 9.59 Å². The fourth-order valence-corrected chi connectivity index (χ4v) is 3.46. The second-order valence-electron chi connectivity index (χ2n) is 6.04. The highest BCUT2D eigenvalue weighted by atomic mass is 32.1. The highest BCUT2D eigenvalue weighted by Gasteiger charge is 2.15. The van der Waals surface area contributed by atoms with Crippen LogP contribution >= 0.6 is 11.3 Å². The Balaban J connectivity index is 1.75. The van der Waals surface area contributed by atoms with Gasteiger partial charge in [-0.2, -0.15) is 0 Å². The van der Waals surface area contributed by atoms with Gasteiger partial charge in [-0.3, -0.25) is 9.59 Å².